The highest BCUT2D eigenvalue weighted by molar-refractivity contribution is 7.89. The van der Waals surface area contributed by atoms with Crippen LogP contribution in [0.5, 0.6) is 0 Å². The summed E-state index contributed by atoms with van der Waals surface area (Å²) in [5, 5.41) is 2.81. The molecule has 0 aliphatic carbocycles. The molecule has 0 aromatic heterocycles. The summed E-state index contributed by atoms with van der Waals surface area (Å²) in [6, 6.07) is 8.91. The van der Waals surface area contributed by atoms with E-state index in [1.54, 1.807) is 25.1 Å². The minimum Gasteiger partial charge on any atom is -0.322 e. The number of carbonyl (C=O) groups excluding carboxylic acids is 2. The van der Waals surface area contributed by atoms with Gasteiger partial charge >= 0.3 is 0 Å². The lowest BCUT2D eigenvalue weighted by Crippen LogP contribution is -2.23. The lowest BCUT2D eigenvalue weighted by molar-refractivity contribution is 0.101. The zero-order valence-corrected chi connectivity index (χ0v) is 16.4. The number of sulfonamides is 1. The number of benzene rings is 2. The molecule has 2 rings (SSSR count). The van der Waals surface area contributed by atoms with Crippen LogP contribution in [0.25, 0.3) is 0 Å². The number of nitrogens with zero attached hydrogens (tertiary/aromatic N) is 1. The summed E-state index contributed by atoms with van der Waals surface area (Å²) >= 11 is 6.09. The zero-order valence-electron chi connectivity index (χ0n) is 14.8. The molecule has 8 heteroatoms. The van der Waals surface area contributed by atoms with E-state index in [-0.39, 0.29) is 21.3 Å². The summed E-state index contributed by atoms with van der Waals surface area (Å²) in [6.07, 6.45) is 0. The Morgan fingerprint density at radius 3 is 2.31 bits per heavy atom. The molecule has 0 radical (unpaired) electrons. The van der Waals surface area contributed by atoms with Gasteiger partial charge in [0.1, 0.15) is 0 Å². The molecule has 0 aliphatic heterocycles. The van der Waals surface area contributed by atoms with Gasteiger partial charge in [-0.2, -0.15) is 0 Å². The van der Waals surface area contributed by atoms with Gasteiger partial charge in [0.15, 0.2) is 5.78 Å². The van der Waals surface area contributed by atoms with Gasteiger partial charge in [-0.25, -0.2) is 12.7 Å². The summed E-state index contributed by atoms with van der Waals surface area (Å²) in [6.45, 7) is 3.22. The van der Waals surface area contributed by atoms with Crippen molar-refractivity contribution in [1.29, 1.82) is 0 Å². The second-order valence-corrected chi connectivity index (χ2v) is 8.53. The quantitative estimate of drug-likeness (QED) is 0.788. The van der Waals surface area contributed by atoms with Crippen molar-refractivity contribution in [3.63, 3.8) is 0 Å². The van der Waals surface area contributed by atoms with Crippen LogP contribution in [0.4, 0.5) is 5.69 Å². The van der Waals surface area contributed by atoms with Crippen molar-refractivity contribution in [3.05, 3.63) is 58.1 Å². The Labute approximate surface area is 157 Å². The van der Waals surface area contributed by atoms with Crippen LogP contribution in [0.2, 0.25) is 5.02 Å². The van der Waals surface area contributed by atoms with E-state index in [1.165, 1.54) is 39.2 Å². The Morgan fingerprint density at radius 1 is 1.08 bits per heavy atom. The van der Waals surface area contributed by atoms with Gasteiger partial charge in [0, 0.05) is 25.3 Å². The first-order valence-corrected chi connectivity index (χ1v) is 9.51. The molecule has 0 bridgehead atoms. The normalized spacial score (nSPS) is 11.5. The molecule has 0 unspecified atom stereocenters. The van der Waals surface area contributed by atoms with Gasteiger partial charge in [0.25, 0.3) is 5.91 Å². The summed E-state index contributed by atoms with van der Waals surface area (Å²) in [4.78, 5) is 24.1. The first kappa shape index (κ1) is 20.1. The van der Waals surface area contributed by atoms with E-state index < -0.39 is 15.9 Å². The highest BCUT2D eigenvalue weighted by atomic mass is 35.5. The number of nitrogens with one attached hydrogen (secondary N) is 1. The van der Waals surface area contributed by atoms with Crippen LogP contribution in [0.15, 0.2) is 41.3 Å². The summed E-state index contributed by atoms with van der Waals surface area (Å²) < 4.78 is 25.6. The van der Waals surface area contributed by atoms with Gasteiger partial charge in [-0.3, -0.25) is 9.59 Å². The second-order valence-electron chi connectivity index (χ2n) is 5.97. The maximum atomic E-state index is 12.6. The van der Waals surface area contributed by atoms with Crippen molar-refractivity contribution in [1.82, 2.24) is 4.31 Å². The number of anilines is 1. The smallest absolute Gasteiger partial charge is 0.257 e. The molecule has 0 heterocycles. The van der Waals surface area contributed by atoms with E-state index in [4.69, 9.17) is 11.6 Å². The van der Waals surface area contributed by atoms with Gasteiger partial charge in [-0.05, 0) is 43.7 Å². The topological polar surface area (TPSA) is 83.5 Å². The molecular formula is C18H19ClN2O4S. The third-order valence-corrected chi connectivity index (χ3v) is 5.99. The fourth-order valence-electron chi connectivity index (χ4n) is 2.21. The van der Waals surface area contributed by atoms with Gasteiger partial charge in [-0.15, -0.1) is 0 Å². The maximum absolute atomic E-state index is 12.6. The standard InChI is InChI=1S/C18H19ClN2O4S/c1-11-5-6-13(12(2)22)9-17(11)20-18(23)15-10-14(7-8-16(15)19)26(24,25)21(3)4/h5-10H,1-4H3,(H,20,23). The second kappa shape index (κ2) is 7.57. The number of aryl methyl sites for hydroxylation is 1. The fourth-order valence-corrected chi connectivity index (χ4v) is 3.35. The number of ketones is 1. The van der Waals surface area contributed by atoms with Gasteiger partial charge in [0.05, 0.1) is 15.5 Å². The number of carbonyl (C=O) groups is 2. The molecule has 2 aromatic rings. The van der Waals surface area contributed by atoms with Crippen LogP contribution in [0.1, 0.15) is 33.2 Å². The predicted molar refractivity (Wildman–Crippen MR) is 101 cm³/mol. The summed E-state index contributed by atoms with van der Waals surface area (Å²) in [7, 11) is -0.892. The van der Waals surface area contributed by atoms with Gasteiger partial charge < -0.3 is 5.32 Å². The Hall–Kier alpha value is -2.22. The first-order valence-electron chi connectivity index (χ1n) is 7.69. The number of rotatable bonds is 5. The molecule has 1 amide bonds. The molecule has 0 fully saturated rings. The summed E-state index contributed by atoms with van der Waals surface area (Å²) in [5.74, 6) is -0.688. The largest absolute Gasteiger partial charge is 0.322 e. The molecule has 0 aliphatic rings. The first-order chi connectivity index (χ1) is 12.0. The zero-order chi connectivity index (χ0) is 19.6. The van der Waals surface area contributed by atoms with E-state index >= 15 is 0 Å². The highest BCUT2D eigenvalue weighted by Gasteiger charge is 2.21. The molecule has 138 valence electrons. The van der Waals surface area contributed by atoms with Crippen molar-refractivity contribution in [2.45, 2.75) is 18.7 Å². The fraction of sp³-hybridized carbons (Fsp3) is 0.222. The van der Waals surface area contributed by atoms with Crippen molar-refractivity contribution in [2.24, 2.45) is 0 Å². The SMILES string of the molecule is CC(=O)c1ccc(C)c(NC(=O)c2cc(S(=O)(=O)N(C)C)ccc2Cl)c1. The molecule has 1 N–H and O–H groups in total. The lowest BCUT2D eigenvalue weighted by atomic mass is 10.1. The van der Waals surface area contributed by atoms with Crippen LogP contribution in [0.3, 0.4) is 0 Å². The van der Waals surface area contributed by atoms with Crippen LogP contribution in [-0.4, -0.2) is 38.5 Å². The van der Waals surface area contributed by atoms with E-state index in [1.807, 2.05) is 0 Å². The number of halogens is 1. The minimum absolute atomic E-state index is 0.0298. The van der Waals surface area contributed by atoms with Crippen LogP contribution in [-0.2, 0) is 10.0 Å². The van der Waals surface area contributed by atoms with E-state index in [2.05, 4.69) is 5.32 Å². The highest BCUT2D eigenvalue weighted by Crippen LogP contribution is 2.24. The molecule has 0 saturated heterocycles. The summed E-state index contributed by atoms with van der Waals surface area (Å²) in [5.41, 5.74) is 1.71. The number of hydrogen-bond donors (Lipinski definition) is 1. The average molecular weight is 395 g/mol. The van der Waals surface area contributed by atoms with E-state index in [0.29, 0.717) is 11.3 Å². The predicted octanol–water partition coefficient (Wildman–Crippen LogP) is 3.35. The third-order valence-electron chi connectivity index (χ3n) is 3.85. The van der Waals surface area contributed by atoms with E-state index in [0.717, 1.165) is 9.87 Å². The Morgan fingerprint density at radius 2 is 1.73 bits per heavy atom. The Kier molecular flexibility index (Phi) is 5.85. The van der Waals surface area contributed by atoms with Gasteiger partial charge in [-0.1, -0.05) is 23.7 Å². The molecule has 0 spiro atoms. The van der Waals surface area contributed by atoms with Crippen LogP contribution < -0.4 is 5.32 Å². The minimum atomic E-state index is -3.70. The van der Waals surface area contributed by atoms with Gasteiger partial charge in [0.2, 0.25) is 10.0 Å². The van der Waals surface area contributed by atoms with E-state index in [9.17, 15) is 18.0 Å². The Bertz CT molecular complexity index is 985. The molecule has 0 saturated carbocycles. The lowest BCUT2D eigenvalue weighted by Gasteiger charge is -2.14. The third kappa shape index (κ3) is 4.12. The van der Waals surface area contributed by atoms with Crippen LogP contribution >= 0.6 is 11.6 Å². The molecule has 2 aromatic carbocycles. The number of Topliss-reactive ketones (excluding diaryl/α,β-unsaturated/α-hetero) is 1. The van der Waals surface area contributed by atoms with Crippen molar-refractivity contribution in [3.8, 4) is 0 Å². The van der Waals surface area contributed by atoms with Crippen molar-refractivity contribution in [2.75, 3.05) is 19.4 Å². The number of amides is 1. The molecular weight excluding hydrogens is 376 g/mol. The monoisotopic (exact) mass is 394 g/mol. The maximum Gasteiger partial charge on any atom is 0.257 e. The average Bonchev–Trinajstić information content (AvgIpc) is 2.56. The molecule has 6 nitrogen and oxygen atoms in total. The van der Waals surface area contributed by atoms with Crippen molar-refractivity contribution < 1.29 is 18.0 Å². The van der Waals surface area contributed by atoms with Crippen molar-refractivity contribution >= 4 is 39.0 Å². The van der Waals surface area contributed by atoms with Crippen LogP contribution in [0, 0.1) is 6.92 Å². The Balaban J connectivity index is 2.42. The molecule has 0 atom stereocenters. The molecule has 26 heavy (non-hydrogen) atoms. The number of hydrogen-bond acceptors (Lipinski definition) is 4.